The molecule has 5 atom stereocenters. The molecule has 2 aromatic rings. The Morgan fingerprint density at radius 1 is 0.860 bits per heavy atom. The van der Waals surface area contributed by atoms with Gasteiger partial charge in [0.05, 0.1) is 19.3 Å². The van der Waals surface area contributed by atoms with Gasteiger partial charge in [0.25, 0.3) is 5.91 Å². The second-order valence-electron chi connectivity index (χ2n) is 12.4. The molecule has 274 valence electrons. The second kappa shape index (κ2) is 18.3. The molecule has 0 bridgehead atoms. The Hall–Kier alpha value is -4.70. The highest BCUT2D eigenvalue weighted by Crippen LogP contribution is 2.24. The fraction of sp³-hybridized carbons (Fsp3) is 0.500. The molecule has 1 heterocycles. The molecule has 0 saturated carbocycles. The fourth-order valence-corrected chi connectivity index (χ4v) is 5.25. The van der Waals surface area contributed by atoms with E-state index in [0.29, 0.717) is 24.3 Å². The maximum Gasteiger partial charge on any atom is 0.416 e. The molecule has 0 radical (unpaired) electrons. The lowest BCUT2D eigenvalue weighted by Gasteiger charge is -2.29. The number of carbonyl (C=O) groups excluding carboxylic acids is 5. The number of aliphatic hydroxyl groups excluding tert-OH is 1. The summed E-state index contributed by atoms with van der Waals surface area (Å²) in [5, 5.41) is 19.6. The lowest BCUT2D eigenvalue weighted by Crippen LogP contribution is -2.59. The summed E-state index contributed by atoms with van der Waals surface area (Å²) < 4.78 is 45.1. The van der Waals surface area contributed by atoms with Gasteiger partial charge in [-0.05, 0) is 49.1 Å². The van der Waals surface area contributed by atoms with Crippen LogP contribution in [0.25, 0.3) is 0 Å². The quantitative estimate of drug-likeness (QED) is 0.150. The standard InChI is InChI=1S/C34H45F3N6O7/c1-20(2)28(42-31(47)23-9-11-24(12-10-23)43-15-17-50-18-16-43)33(49)41-26(19-22-7-5-4-6-8-22)32(48)39-21(3)30(46)40-25(13-14-27(38)44)29(45)34(35,36)37/h4-12,20-21,25-26,28-29,45H,13-19H2,1-3H3,(H2,38,44)(H,39,48)(H,40,46)(H,41,49)(H,42,47)/t21-,25?,26-,28-,29?/m0/s1. The van der Waals surface area contributed by atoms with Crippen molar-refractivity contribution in [3.8, 4) is 0 Å². The molecule has 5 amide bonds. The molecule has 0 aromatic heterocycles. The first kappa shape index (κ1) is 39.7. The molecule has 1 aliphatic rings. The monoisotopic (exact) mass is 706 g/mol. The maximum absolute atomic E-state index is 13.6. The van der Waals surface area contributed by atoms with Gasteiger partial charge in [-0.2, -0.15) is 13.2 Å². The van der Waals surface area contributed by atoms with Crippen LogP contribution in [0.3, 0.4) is 0 Å². The van der Waals surface area contributed by atoms with Gasteiger partial charge in [0.1, 0.15) is 18.1 Å². The van der Waals surface area contributed by atoms with Crippen LogP contribution in [-0.4, -0.2) is 97.4 Å². The third kappa shape index (κ3) is 12.0. The summed E-state index contributed by atoms with van der Waals surface area (Å²) in [5.74, 6) is -4.43. The van der Waals surface area contributed by atoms with E-state index in [1.165, 1.54) is 6.92 Å². The number of amides is 5. The first-order chi connectivity index (χ1) is 23.6. The summed E-state index contributed by atoms with van der Waals surface area (Å²) in [7, 11) is 0. The SMILES string of the molecule is CC(C)[C@H](NC(=O)c1ccc(N2CCOCC2)cc1)C(=O)N[C@@H](Cc1ccccc1)C(=O)N[C@@H](C)C(=O)NC(CCC(N)=O)C(O)C(F)(F)F. The van der Waals surface area contributed by atoms with Crippen molar-refractivity contribution in [2.75, 3.05) is 31.2 Å². The van der Waals surface area contributed by atoms with E-state index in [2.05, 4.69) is 20.9 Å². The van der Waals surface area contributed by atoms with Crippen LogP contribution in [-0.2, 0) is 30.3 Å². The Kier molecular flexibility index (Phi) is 14.6. The molecule has 13 nitrogen and oxygen atoms in total. The molecule has 7 N–H and O–H groups in total. The van der Waals surface area contributed by atoms with E-state index >= 15 is 0 Å². The topological polar surface area (TPSA) is 192 Å². The number of carbonyl (C=O) groups is 5. The van der Waals surface area contributed by atoms with Crippen molar-refractivity contribution in [3.63, 3.8) is 0 Å². The molecule has 1 fully saturated rings. The van der Waals surface area contributed by atoms with Crippen LogP contribution in [0.15, 0.2) is 54.6 Å². The van der Waals surface area contributed by atoms with Gasteiger partial charge in [0.15, 0.2) is 6.10 Å². The number of nitrogens with one attached hydrogen (secondary N) is 4. The molecular formula is C34H45F3N6O7. The first-order valence-electron chi connectivity index (χ1n) is 16.3. The molecule has 2 unspecified atom stereocenters. The zero-order valence-corrected chi connectivity index (χ0v) is 28.2. The van der Waals surface area contributed by atoms with E-state index in [4.69, 9.17) is 10.5 Å². The maximum atomic E-state index is 13.6. The van der Waals surface area contributed by atoms with Gasteiger partial charge in [-0.1, -0.05) is 44.2 Å². The Morgan fingerprint density at radius 2 is 1.48 bits per heavy atom. The number of halogens is 3. The van der Waals surface area contributed by atoms with Crippen LogP contribution >= 0.6 is 0 Å². The van der Waals surface area contributed by atoms with Crippen molar-refractivity contribution in [3.05, 3.63) is 65.7 Å². The van der Waals surface area contributed by atoms with Gasteiger partial charge >= 0.3 is 6.18 Å². The predicted octanol–water partition coefficient (Wildman–Crippen LogP) is 1.18. The summed E-state index contributed by atoms with van der Waals surface area (Å²) in [6.45, 7) is 7.30. The van der Waals surface area contributed by atoms with Crippen molar-refractivity contribution in [1.82, 2.24) is 21.3 Å². The summed E-state index contributed by atoms with van der Waals surface area (Å²) in [6, 6.07) is 9.89. The van der Waals surface area contributed by atoms with Crippen LogP contribution < -0.4 is 31.9 Å². The molecule has 1 saturated heterocycles. The molecule has 0 spiro atoms. The fourth-order valence-electron chi connectivity index (χ4n) is 5.25. The van der Waals surface area contributed by atoms with E-state index in [0.717, 1.165) is 18.8 Å². The predicted molar refractivity (Wildman–Crippen MR) is 178 cm³/mol. The summed E-state index contributed by atoms with van der Waals surface area (Å²) >= 11 is 0. The number of ether oxygens (including phenoxy) is 1. The summed E-state index contributed by atoms with van der Waals surface area (Å²) in [5.41, 5.74) is 6.94. The van der Waals surface area contributed by atoms with E-state index in [1.807, 2.05) is 17.4 Å². The summed E-state index contributed by atoms with van der Waals surface area (Å²) in [4.78, 5) is 66.5. The highest BCUT2D eigenvalue weighted by Gasteiger charge is 2.44. The largest absolute Gasteiger partial charge is 0.416 e. The third-order valence-corrected chi connectivity index (χ3v) is 8.16. The number of alkyl halides is 3. The van der Waals surface area contributed by atoms with Crippen molar-refractivity contribution >= 4 is 35.2 Å². The summed E-state index contributed by atoms with van der Waals surface area (Å²) in [6.07, 6.45) is -9.28. The molecule has 3 rings (SSSR count). The Morgan fingerprint density at radius 3 is 2.04 bits per heavy atom. The zero-order valence-electron chi connectivity index (χ0n) is 28.2. The number of hydrogen-bond donors (Lipinski definition) is 6. The number of anilines is 1. The second-order valence-corrected chi connectivity index (χ2v) is 12.4. The molecule has 2 aromatic carbocycles. The van der Waals surface area contributed by atoms with Crippen molar-refractivity contribution in [1.29, 1.82) is 0 Å². The van der Waals surface area contributed by atoms with Gasteiger partial charge in [0, 0.05) is 37.2 Å². The number of nitrogens with zero attached hydrogens (tertiary/aromatic N) is 1. The van der Waals surface area contributed by atoms with Gasteiger partial charge in [-0.25, -0.2) is 0 Å². The molecule has 1 aliphatic heterocycles. The number of nitrogens with two attached hydrogens (primary N) is 1. The van der Waals surface area contributed by atoms with Crippen LogP contribution in [0, 0.1) is 5.92 Å². The molecule has 0 aliphatic carbocycles. The molecular weight excluding hydrogens is 661 g/mol. The number of rotatable bonds is 16. The number of hydrogen-bond acceptors (Lipinski definition) is 8. The lowest BCUT2D eigenvalue weighted by molar-refractivity contribution is -0.212. The smallest absolute Gasteiger partial charge is 0.382 e. The number of benzene rings is 2. The van der Waals surface area contributed by atoms with E-state index in [1.54, 1.807) is 56.3 Å². The van der Waals surface area contributed by atoms with Crippen LogP contribution in [0.5, 0.6) is 0 Å². The van der Waals surface area contributed by atoms with Gasteiger partial charge < -0.3 is 41.7 Å². The normalized spacial score (nSPS) is 16.4. The average Bonchev–Trinajstić information content (AvgIpc) is 3.08. The molecule has 50 heavy (non-hydrogen) atoms. The lowest BCUT2D eigenvalue weighted by atomic mass is 10.00. The van der Waals surface area contributed by atoms with Crippen LogP contribution in [0.4, 0.5) is 18.9 Å². The van der Waals surface area contributed by atoms with Gasteiger partial charge in [-0.15, -0.1) is 0 Å². The molecule has 16 heteroatoms. The van der Waals surface area contributed by atoms with Crippen molar-refractivity contribution < 1.29 is 47.0 Å². The average molecular weight is 707 g/mol. The zero-order chi connectivity index (χ0) is 37.0. The van der Waals surface area contributed by atoms with Crippen molar-refractivity contribution in [2.45, 2.75) is 76.5 Å². The first-order valence-corrected chi connectivity index (χ1v) is 16.3. The minimum absolute atomic E-state index is 0.0253. The highest BCUT2D eigenvalue weighted by atomic mass is 19.4. The Labute approximate surface area is 288 Å². The van der Waals surface area contributed by atoms with E-state index < -0.39 is 84.7 Å². The van der Waals surface area contributed by atoms with Gasteiger partial charge in [0.2, 0.25) is 23.6 Å². The Bertz CT molecular complexity index is 1450. The van der Waals surface area contributed by atoms with E-state index in [9.17, 15) is 42.3 Å². The van der Waals surface area contributed by atoms with Crippen molar-refractivity contribution in [2.24, 2.45) is 11.7 Å². The number of morpholine rings is 1. The minimum Gasteiger partial charge on any atom is -0.382 e. The van der Waals surface area contributed by atoms with Gasteiger partial charge in [-0.3, -0.25) is 24.0 Å². The van der Waals surface area contributed by atoms with Crippen LogP contribution in [0.2, 0.25) is 0 Å². The Balaban J connectivity index is 1.72. The van der Waals surface area contributed by atoms with Crippen LogP contribution in [0.1, 0.15) is 49.5 Å². The number of primary amides is 1. The third-order valence-electron chi connectivity index (χ3n) is 8.16. The number of aliphatic hydroxyl groups is 1. The van der Waals surface area contributed by atoms with E-state index in [-0.39, 0.29) is 6.42 Å². The minimum atomic E-state index is -5.11. The highest BCUT2D eigenvalue weighted by molar-refractivity contribution is 5.99.